The van der Waals surface area contributed by atoms with Crippen LogP contribution < -0.4 is 14.8 Å². The summed E-state index contributed by atoms with van der Waals surface area (Å²) < 4.78 is 11.0. The molecule has 31 heavy (non-hydrogen) atoms. The Morgan fingerprint density at radius 2 is 1.77 bits per heavy atom. The Bertz CT molecular complexity index is 850. The van der Waals surface area contributed by atoms with Gasteiger partial charge in [0.05, 0.1) is 7.11 Å². The molecule has 1 aliphatic rings. The molecule has 1 fully saturated rings. The van der Waals surface area contributed by atoms with Gasteiger partial charge in [0.15, 0.2) is 6.61 Å². The molecule has 6 heteroatoms. The van der Waals surface area contributed by atoms with Gasteiger partial charge in [-0.2, -0.15) is 0 Å². The second-order valence-electron chi connectivity index (χ2n) is 7.89. The van der Waals surface area contributed by atoms with E-state index in [1.165, 1.54) is 0 Å². The number of rotatable bonds is 10. The monoisotopic (exact) mass is 424 g/mol. The molecule has 3 rings (SSSR count). The van der Waals surface area contributed by atoms with Crippen LogP contribution in [0.25, 0.3) is 0 Å². The normalized spacial score (nSPS) is 14.6. The zero-order valence-corrected chi connectivity index (χ0v) is 18.4. The van der Waals surface area contributed by atoms with E-state index in [2.05, 4.69) is 5.32 Å². The highest BCUT2D eigenvalue weighted by Gasteiger charge is 2.30. The molecular formula is C25H32N2O4. The molecule has 166 valence electrons. The van der Waals surface area contributed by atoms with E-state index in [-0.39, 0.29) is 24.5 Å². The topological polar surface area (TPSA) is 67.9 Å². The molecule has 2 amide bonds. The third-order valence-corrected chi connectivity index (χ3v) is 5.68. The average Bonchev–Trinajstić information content (AvgIpc) is 3.31. The summed E-state index contributed by atoms with van der Waals surface area (Å²) in [5.74, 6) is 1.03. The first-order valence-electron chi connectivity index (χ1n) is 11.0. The van der Waals surface area contributed by atoms with Gasteiger partial charge in [-0.15, -0.1) is 0 Å². The number of hydrogen-bond donors (Lipinski definition) is 1. The molecule has 1 aliphatic carbocycles. The summed E-state index contributed by atoms with van der Waals surface area (Å²) in [4.78, 5) is 27.9. The largest absolute Gasteiger partial charge is 0.497 e. The summed E-state index contributed by atoms with van der Waals surface area (Å²) in [5, 5.41) is 3.15. The highest BCUT2D eigenvalue weighted by molar-refractivity contribution is 5.88. The van der Waals surface area contributed by atoms with Gasteiger partial charge in [0.25, 0.3) is 5.91 Å². The lowest BCUT2D eigenvalue weighted by Gasteiger charge is -2.31. The van der Waals surface area contributed by atoms with Crippen molar-refractivity contribution in [2.24, 2.45) is 0 Å². The maximum atomic E-state index is 13.2. The van der Waals surface area contributed by atoms with Gasteiger partial charge >= 0.3 is 0 Å². The van der Waals surface area contributed by atoms with Crippen LogP contribution in [0.4, 0.5) is 0 Å². The Balaban J connectivity index is 1.76. The quantitative estimate of drug-likeness (QED) is 0.627. The van der Waals surface area contributed by atoms with E-state index in [0.29, 0.717) is 24.5 Å². The number of amides is 2. The Hall–Kier alpha value is -3.02. The molecule has 2 aromatic rings. The van der Waals surface area contributed by atoms with E-state index in [0.717, 1.165) is 31.2 Å². The van der Waals surface area contributed by atoms with Crippen LogP contribution in [-0.4, -0.2) is 42.5 Å². The minimum atomic E-state index is -0.557. The van der Waals surface area contributed by atoms with Crippen molar-refractivity contribution in [2.45, 2.75) is 57.7 Å². The summed E-state index contributed by atoms with van der Waals surface area (Å²) in [6, 6.07) is 16.4. The van der Waals surface area contributed by atoms with E-state index >= 15 is 0 Å². The van der Waals surface area contributed by atoms with Gasteiger partial charge in [0.1, 0.15) is 17.5 Å². The molecule has 0 saturated heterocycles. The molecule has 6 nitrogen and oxygen atoms in total. The van der Waals surface area contributed by atoms with Crippen LogP contribution in [0.5, 0.6) is 11.5 Å². The van der Waals surface area contributed by atoms with Crippen molar-refractivity contribution in [1.29, 1.82) is 0 Å². The first-order chi connectivity index (χ1) is 15.1. The molecule has 2 aromatic carbocycles. The van der Waals surface area contributed by atoms with Gasteiger partial charge in [-0.05, 0) is 49.1 Å². The number of benzene rings is 2. The molecule has 1 N–H and O–H groups in total. The number of hydrogen-bond acceptors (Lipinski definition) is 4. The number of para-hydroxylation sites is 1. The Morgan fingerprint density at radius 1 is 1.06 bits per heavy atom. The van der Waals surface area contributed by atoms with E-state index in [1.54, 1.807) is 12.0 Å². The Labute approximate surface area is 184 Å². The van der Waals surface area contributed by atoms with Crippen molar-refractivity contribution in [3.05, 3.63) is 60.2 Å². The van der Waals surface area contributed by atoms with E-state index in [1.807, 2.05) is 61.5 Å². The van der Waals surface area contributed by atoms with Gasteiger partial charge in [-0.3, -0.25) is 9.59 Å². The van der Waals surface area contributed by atoms with E-state index < -0.39 is 6.04 Å². The fourth-order valence-electron chi connectivity index (χ4n) is 4.00. The van der Waals surface area contributed by atoms with Gasteiger partial charge in [0.2, 0.25) is 5.91 Å². The SMILES string of the molecule is CCC(C(=O)NC1CCCC1)N(Cc1cccc(OC)c1)C(=O)COc1ccccc1. The number of ether oxygens (including phenoxy) is 2. The lowest BCUT2D eigenvalue weighted by molar-refractivity contribution is -0.143. The van der Waals surface area contributed by atoms with Gasteiger partial charge in [-0.25, -0.2) is 0 Å². The summed E-state index contributed by atoms with van der Waals surface area (Å²) in [6.07, 6.45) is 4.81. The second kappa shape index (κ2) is 11.4. The molecular weight excluding hydrogens is 392 g/mol. The average molecular weight is 425 g/mol. The van der Waals surface area contributed by atoms with Crippen LogP contribution in [0, 0.1) is 0 Å². The minimum Gasteiger partial charge on any atom is -0.497 e. The van der Waals surface area contributed by atoms with Crippen molar-refractivity contribution in [3.63, 3.8) is 0 Å². The van der Waals surface area contributed by atoms with Crippen LogP contribution in [0.2, 0.25) is 0 Å². The summed E-state index contributed by atoms with van der Waals surface area (Å²) in [7, 11) is 1.61. The molecule has 0 aromatic heterocycles. The van der Waals surface area contributed by atoms with E-state index in [9.17, 15) is 9.59 Å². The molecule has 0 aliphatic heterocycles. The van der Waals surface area contributed by atoms with Crippen molar-refractivity contribution in [1.82, 2.24) is 10.2 Å². The predicted octanol–water partition coefficient (Wildman–Crippen LogP) is 3.94. The minimum absolute atomic E-state index is 0.0923. The third-order valence-electron chi connectivity index (χ3n) is 5.68. The van der Waals surface area contributed by atoms with Crippen LogP contribution >= 0.6 is 0 Å². The summed E-state index contributed by atoms with van der Waals surface area (Å²) in [6.45, 7) is 2.12. The summed E-state index contributed by atoms with van der Waals surface area (Å²) >= 11 is 0. The van der Waals surface area contributed by atoms with Crippen LogP contribution in [0.3, 0.4) is 0 Å². The Morgan fingerprint density at radius 3 is 2.45 bits per heavy atom. The number of nitrogens with zero attached hydrogens (tertiary/aromatic N) is 1. The standard InChI is InChI=1S/C25H32N2O4/c1-3-23(25(29)26-20-11-7-8-12-20)27(17-19-10-9-15-22(16-19)30-2)24(28)18-31-21-13-5-4-6-14-21/h4-6,9-10,13-16,20,23H,3,7-8,11-12,17-18H2,1-2H3,(H,26,29). The third kappa shape index (κ3) is 6.48. The molecule has 1 atom stereocenters. The second-order valence-corrected chi connectivity index (χ2v) is 7.89. The lowest BCUT2D eigenvalue weighted by atomic mass is 10.1. The first-order valence-corrected chi connectivity index (χ1v) is 11.0. The van der Waals surface area contributed by atoms with E-state index in [4.69, 9.17) is 9.47 Å². The lowest BCUT2D eigenvalue weighted by Crippen LogP contribution is -2.52. The number of carbonyl (C=O) groups is 2. The molecule has 0 bridgehead atoms. The summed E-state index contributed by atoms with van der Waals surface area (Å²) in [5.41, 5.74) is 0.902. The number of carbonyl (C=O) groups excluding carboxylic acids is 2. The first kappa shape index (κ1) is 22.7. The predicted molar refractivity (Wildman–Crippen MR) is 120 cm³/mol. The zero-order chi connectivity index (χ0) is 22.1. The number of methoxy groups -OCH3 is 1. The van der Waals surface area contributed by atoms with Crippen molar-refractivity contribution >= 4 is 11.8 Å². The van der Waals surface area contributed by atoms with Crippen LogP contribution in [-0.2, 0) is 16.1 Å². The van der Waals surface area contributed by atoms with Crippen molar-refractivity contribution < 1.29 is 19.1 Å². The molecule has 0 spiro atoms. The zero-order valence-electron chi connectivity index (χ0n) is 18.4. The molecule has 1 unspecified atom stereocenters. The maximum Gasteiger partial charge on any atom is 0.261 e. The Kier molecular flexibility index (Phi) is 8.33. The fourth-order valence-corrected chi connectivity index (χ4v) is 4.00. The fraction of sp³-hybridized carbons (Fsp3) is 0.440. The van der Waals surface area contributed by atoms with Gasteiger partial charge in [0, 0.05) is 12.6 Å². The highest BCUT2D eigenvalue weighted by atomic mass is 16.5. The van der Waals surface area contributed by atoms with Gasteiger partial charge < -0.3 is 19.7 Å². The van der Waals surface area contributed by atoms with Gasteiger partial charge in [-0.1, -0.05) is 50.1 Å². The van der Waals surface area contributed by atoms with Crippen LogP contribution in [0.15, 0.2) is 54.6 Å². The maximum absolute atomic E-state index is 13.2. The molecule has 0 radical (unpaired) electrons. The van der Waals surface area contributed by atoms with Crippen LogP contribution in [0.1, 0.15) is 44.6 Å². The highest BCUT2D eigenvalue weighted by Crippen LogP contribution is 2.20. The van der Waals surface area contributed by atoms with Crippen molar-refractivity contribution in [2.75, 3.05) is 13.7 Å². The number of nitrogens with one attached hydrogen (secondary N) is 1. The smallest absolute Gasteiger partial charge is 0.261 e. The molecule has 1 saturated carbocycles. The molecule has 0 heterocycles. The van der Waals surface area contributed by atoms with Crippen molar-refractivity contribution in [3.8, 4) is 11.5 Å².